The Kier molecular flexibility index (Phi) is 5.39. The molecule has 0 spiro atoms. The summed E-state index contributed by atoms with van der Waals surface area (Å²) < 4.78 is 42.7. The van der Waals surface area contributed by atoms with E-state index in [2.05, 4.69) is 20.1 Å². The summed E-state index contributed by atoms with van der Waals surface area (Å²) in [5, 5.41) is 6.87. The lowest BCUT2D eigenvalue weighted by molar-refractivity contribution is -0.154. The second-order valence-corrected chi connectivity index (χ2v) is 5.57. The van der Waals surface area contributed by atoms with Gasteiger partial charge in [0, 0.05) is 25.0 Å². The molecule has 3 rings (SSSR count). The van der Waals surface area contributed by atoms with Crippen molar-refractivity contribution in [3.05, 3.63) is 72.2 Å². The molecular weight excluding hydrogens is 361 g/mol. The van der Waals surface area contributed by atoms with E-state index in [-0.39, 0.29) is 18.1 Å². The molecule has 1 amide bonds. The first kappa shape index (κ1) is 18.4. The predicted molar refractivity (Wildman–Crippen MR) is 90.5 cm³/mol. The summed E-state index contributed by atoms with van der Waals surface area (Å²) in [6.07, 6.45) is -1.46. The number of carbonyl (C=O) groups is 1. The number of carbonyl (C=O) groups excluding carboxylic acids is 1. The minimum absolute atomic E-state index is 0.0991. The molecule has 0 saturated carbocycles. The normalized spacial score (nSPS) is 11.2. The Hall–Kier alpha value is -3.36. The molecule has 0 fully saturated rings. The van der Waals surface area contributed by atoms with Gasteiger partial charge in [-0.05, 0) is 29.8 Å². The van der Waals surface area contributed by atoms with E-state index in [1.165, 1.54) is 12.3 Å². The molecule has 27 heavy (non-hydrogen) atoms. The average molecular weight is 376 g/mol. The first-order valence-corrected chi connectivity index (χ1v) is 7.94. The summed E-state index contributed by atoms with van der Waals surface area (Å²) >= 11 is 0. The first-order chi connectivity index (χ1) is 12.9. The van der Waals surface area contributed by atoms with Gasteiger partial charge in [0.25, 0.3) is 5.91 Å². The van der Waals surface area contributed by atoms with Gasteiger partial charge < -0.3 is 10.1 Å². The van der Waals surface area contributed by atoms with Gasteiger partial charge in [0.05, 0.1) is 5.69 Å². The fourth-order valence-electron chi connectivity index (χ4n) is 2.24. The number of hydrogen-bond acceptors (Lipinski definition) is 4. The molecule has 0 aliphatic carbocycles. The molecule has 0 aliphatic heterocycles. The minimum Gasteiger partial charge on any atom is -0.468 e. The average Bonchev–Trinajstić information content (AvgIpc) is 3.15. The molecule has 9 heteroatoms. The van der Waals surface area contributed by atoms with E-state index in [0.717, 1.165) is 5.69 Å². The maximum atomic E-state index is 12.2. The molecule has 140 valence electrons. The Labute approximate surface area is 152 Å². The van der Waals surface area contributed by atoms with E-state index < -0.39 is 18.7 Å². The molecule has 0 radical (unpaired) electrons. The van der Waals surface area contributed by atoms with Gasteiger partial charge >= 0.3 is 6.18 Å². The van der Waals surface area contributed by atoms with E-state index in [4.69, 9.17) is 0 Å². The molecule has 6 nitrogen and oxygen atoms in total. The van der Waals surface area contributed by atoms with Crippen LogP contribution in [0.3, 0.4) is 0 Å². The SMILES string of the molecule is O=C(NCc1ccnc(OCC(F)(F)F)c1)c1ccn(-c2ccccc2)n1. The molecule has 2 aromatic heterocycles. The fourth-order valence-corrected chi connectivity index (χ4v) is 2.24. The minimum atomic E-state index is -4.44. The summed E-state index contributed by atoms with van der Waals surface area (Å²) in [6, 6.07) is 13.8. The molecule has 1 aromatic carbocycles. The Morgan fingerprint density at radius 3 is 2.67 bits per heavy atom. The van der Waals surface area contributed by atoms with Crippen molar-refractivity contribution < 1.29 is 22.7 Å². The van der Waals surface area contributed by atoms with Gasteiger partial charge in [0.15, 0.2) is 12.3 Å². The molecule has 0 atom stereocenters. The second kappa shape index (κ2) is 7.90. The monoisotopic (exact) mass is 376 g/mol. The predicted octanol–water partition coefficient (Wildman–Crippen LogP) is 3.14. The number of alkyl halides is 3. The van der Waals surface area contributed by atoms with Crippen molar-refractivity contribution in [3.8, 4) is 11.6 Å². The molecule has 0 aliphatic rings. The third-order valence-electron chi connectivity index (χ3n) is 3.48. The summed E-state index contributed by atoms with van der Waals surface area (Å²) in [6.45, 7) is -1.32. The zero-order valence-electron chi connectivity index (χ0n) is 14.0. The van der Waals surface area contributed by atoms with E-state index in [9.17, 15) is 18.0 Å². The quantitative estimate of drug-likeness (QED) is 0.718. The highest BCUT2D eigenvalue weighted by molar-refractivity contribution is 5.92. The smallest absolute Gasteiger partial charge is 0.422 e. The van der Waals surface area contributed by atoms with Crippen LogP contribution in [0.15, 0.2) is 60.9 Å². The number of nitrogens with zero attached hydrogens (tertiary/aromatic N) is 3. The Balaban J connectivity index is 1.59. The number of rotatable bonds is 6. The highest BCUT2D eigenvalue weighted by Crippen LogP contribution is 2.17. The van der Waals surface area contributed by atoms with Gasteiger partial charge in [-0.2, -0.15) is 18.3 Å². The fraction of sp³-hybridized carbons (Fsp3) is 0.167. The molecule has 2 heterocycles. The number of benzene rings is 1. The largest absolute Gasteiger partial charge is 0.468 e. The summed E-state index contributed by atoms with van der Waals surface area (Å²) in [5.74, 6) is -0.563. The van der Waals surface area contributed by atoms with Crippen LogP contribution in [0.1, 0.15) is 16.1 Å². The standard InChI is InChI=1S/C18H15F3N4O2/c19-18(20,21)12-27-16-10-13(6-8-22-16)11-23-17(26)15-7-9-25(24-15)14-4-2-1-3-5-14/h1-10H,11-12H2,(H,23,26). The van der Waals surface area contributed by atoms with Crippen LogP contribution in [0.4, 0.5) is 13.2 Å². The maximum absolute atomic E-state index is 12.2. The van der Waals surface area contributed by atoms with Crippen molar-refractivity contribution in [1.29, 1.82) is 0 Å². The van der Waals surface area contributed by atoms with Crippen LogP contribution in [-0.4, -0.2) is 33.5 Å². The van der Waals surface area contributed by atoms with E-state index >= 15 is 0 Å². The Morgan fingerprint density at radius 1 is 1.15 bits per heavy atom. The number of hydrogen-bond donors (Lipinski definition) is 1. The molecule has 3 aromatic rings. The summed E-state index contributed by atoms with van der Waals surface area (Å²) in [4.78, 5) is 15.9. The zero-order valence-corrected chi connectivity index (χ0v) is 14.0. The maximum Gasteiger partial charge on any atom is 0.422 e. The van der Waals surface area contributed by atoms with Crippen molar-refractivity contribution in [2.75, 3.05) is 6.61 Å². The third kappa shape index (κ3) is 5.30. The molecule has 0 saturated heterocycles. The molecule has 0 unspecified atom stereocenters. The Morgan fingerprint density at radius 2 is 1.93 bits per heavy atom. The van der Waals surface area contributed by atoms with Gasteiger partial charge in [-0.25, -0.2) is 9.67 Å². The van der Waals surface area contributed by atoms with Gasteiger partial charge in [0.2, 0.25) is 5.88 Å². The van der Waals surface area contributed by atoms with E-state index in [0.29, 0.717) is 5.56 Å². The molecular formula is C18H15F3N4O2. The van der Waals surface area contributed by atoms with Crippen molar-refractivity contribution in [3.63, 3.8) is 0 Å². The van der Waals surface area contributed by atoms with Crippen LogP contribution in [-0.2, 0) is 6.54 Å². The zero-order chi connectivity index (χ0) is 19.3. The van der Waals surface area contributed by atoms with Crippen LogP contribution in [0.2, 0.25) is 0 Å². The number of ether oxygens (including phenoxy) is 1. The second-order valence-electron chi connectivity index (χ2n) is 5.57. The highest BCUT2D eigenvalue weighted by Gasteiger charge is 2.28. The number of aromatic nitrogens is 3. The topological polar surface area (TPSA) is 69.0 Å². The van der Waals surface area contributed by atoms with Crippen LogP contribution in [0, 0.1) is 0 Å². The third-order valence-corrected chi connectivity index (χ3v) is 3.48. The lowest BCUT2D eigenvalue weighted by Gasteiger charge is -2.09. The van der Waals surface area contributed by atoms with Gasteiger partial charge in [0.1, 0.15) is 0 Å². The lowest BCUT2D eigenvalue weighted by Crippen LogP contribution is -2.23. The lowest BCUT2D eigenvalue weighted by atomic mass is 10.2. The summed E-state index contributed by atoms with van der Waals surface area (Å²) in [7, 11) is 0. The number of para-hydroxylation sites is 1. The first-order valence-electron chi connectivity index (χ1n) is 7.94. The molecule has 0 bridgehead atoms. The Bertz CT molecular complexity index is 910. The number of halogens is 3. The molecule has 1 N–H and O–H groups in total. The van der Waals surface area contributed by atoms with Crippen molar-refractivity contribution in [2.24, 2.45) is 0 Å². The van der Waals surface area contributed by atoms with Crippen molar-refractivity contribution in [2.45, 2.75) is 12.7 Å². The van der Waals surface area contributed by atoms with Crippen molar-refractivity contribution in [1.82, 2.24) is 20.1 Å². The number of amides is 1. The van der Waals surface area contributed by atoms with Gasteiger partial charge in [-0.1, -0.05) is 18.2 Å². The number of pyridine rings is 1. The van der Waals surface area contributed by atoms with Crippen LogP contribution in [0.25, 0.3) is 5.69 Å². The van der Waals surface area contributed by atoms with E-state index in [1.807, 2.05) is 30.3 Å². The van der Waals surface area contributed by atoms with Crippen LogP contribution in [0.5, 0.6) is 5.88 Å². The number of nitrogens with one attached hydrogen (secondary N) is 1. The highest BCUT2D eigenvalue weighted by atomic mass is 19.4. The van der Waals surface area contributed by atoms with Gasteiger partial charge in [-0.15, -0.1) is 0 Å². The summed E-state index contributed by atoms with van der Waals surface area (Å²) in [5.41, 5.74) is 1.59. The van der Waals surface area contributed by atoms with Gasteiger partial charge in [-0.3, -0.25) is 4.79 Å². The van der Waals surface area contributed by atoms with Crippen LogP contribution < -0.4 is 10.1 Å². The van der Waals surface area contributed by atoms with Crippen molar-refractivity contribution >= 4 is 5.91 Å². The van der Waals surface area contributed by atoms with Crippen LogP contribution >= 0.6 is 0 Å². The van der Waals surface area contributed by atoms with E-state index in [1.54, 1.807) is 23.0 Å².